The molecule has 1 unspecified atom stereocenters. The Hall–Kier alpha value is -2.80. The normalized spacial score (nSPS) is 16.5. The lowest BCUT2D eigenvalue weighted by atomic mass is 10.1. The van der Waals surface area contributed by atoms with Gasteiger partial charge in [-0.25, -0.2) is 4.98 Å². The molecule has 7 nitrogen and oxygen atoms in total. The maximum absolute atomic E-state index is 5.87. The van der Waals surface area contributed by atoms with E-state index in [1.54, 1.807) is 13.2 Å². The van der Waals surface area contributed by atoms with E-state index < -0.39 is 0 Å². The van der Waals surface area contributed by atoms with E-state index in [0.717, 1.165) is 49.2 Å². The van der Waals surface area contributed by atoms with Crippen molar-refractivity contribution in [1.29, 1.82) is 0 Å². The highest BCUT2D eigenvalue weighted by Crippen LogP contribution is 2.23. The van der Waals surface area contributed by atoms with Crippen molar-refractivity contribution >= 4 is 5.96 Å². The highest BCUT2D eigenvalue weighted by atomic mass is 16.5. The zero-order chi connectivity index (χ0) is 20.5. The molecule has 7 heteroatoms. The van der Waals surface area contributed by atoms with E-state index in [1.807, 2.05) is 43.3 Å². The number of guanidine groups is 1. The minimum atomic E-state index is 0.555. The lowest BCUT2D eigenvalue weighted by Crippen LogP contribution is -2.41. The predicted octanol–water partition coefficient (Wildman–Crippen LogP) is 3.32. The summed E-state index contributed by atoms with van der Waals surface area (Å²) in [6.45, 7) is 5.87. The van der Waals surface area contributed by atoms with Gasteiger partial charge >= 0.3 is 0 Å². The summed E-state index contributed by atoms with van der Waals surface area (Å²) in [5, 5.41) is 3.41. The third-order valence-corrected chi connectivity index (χ3v) is 4.74. The Morgan fingerprint density at radius 3 is 2.76 bits per heavy atom. The first-order chi connectivity index (χ1) is 14.2. The van der Waals surface area contributed by atoms with Gasteiger partial charge in [0.1, 0.15) is 11.5 Å². The Kier molecular flexibility index (Phi) is 7.69. The fourth-order valence-corrected chi connectivity index (χ4v) is 3.27. The van der Waals surface area contributed by atoms with Crippen LogP contribution in [0, 0.1) is 5.92 Å². The number of hydrogen-bond acceptors (Lipinski definition) is 5. The molecule has 0 amide bonds. The van der Waals surface area contributed by atoms with Crippen molar-refractivity contribution in [2.45, 2.75) is 19.9 Å². The molecule has 1 N–H and O–H groups in total. The molecule has 0 radical (unpaired) electrons. The van der Waals surface area contributed by atoms with Gasteiger partial charge in [-0.3, -0.25) is 4.99 Å². The SMILES string of the molecule is CCOc1ccc(Oc2cc(CNC(=NC)N(C)CC3CCOC3)ccn2)cc1. The average Bonchev–Trinajstić information content (AvgIpc) is 3.23. The highest BCUT2D eigenvalue weighted by molar-refractivity contribution is 5.79. The Balaban J connectivity index is 1.54. The molecule has 29 heavy (non-hydrogen) atoms. The van der Waals surface area contributed by atoms with E-state index in [4.69, 9.17) is 14.2 Å². The molecule has 156 valence electrons. The molecule has 0 saturated carbocycles. The van der Waals surface area contributed by atoms with E-state index in [1.165, 1.54) is 0 Å². The van der Waals surface area contributed by atoms with Crippen molar-refractivity contribution in [3.8, 4) is 17.4 Å². The van der Waals surface area contributed by atoms with Crippen LogP contribution in [-0.4, -0.2) is 56.3 Å². The molecular weight excluding hydrogens is 368 g/mol. The summed E-state index contributed by atoms with van der Waals surface area (Å²) >= 11 is 0. The van der Waals surface area contributed by atoms with E-state index in [-0.39, 0.29) is 0 Å². The largest absolute Gasteiger partial charge is 0.494 e. The Labute approximate surface area is 172 Å². The van der Waals surface area contributed by atoms with E-state index in [0.29, 0.717) is 24.9 Å². The number of pyridine rings is 1. The molecule has 0 spiro atoms. The fraction of sp³-hybridized carbons (Fsp3) is 0.455. The lowest BCUT2D eigenvalue weighted by Gasteiger charge is -2.24. The van der Waals surface area contributed by atoms with Gasteiger partial charge in [-0.1, -0.05) is 0 Å². The molecule has 1 aromatic heterocycles. The molecule has 3 rings (SSSR count). The lowest BCUT2D eigenvalue weighted by molar-refractivity contribution is 0.181. The summed E-state index contributed by atoms with van der Waals surface area (Å²) in [6, 6.07) is 11.4. The predicted molar refractivity (Wildman–Crippen MR) is 114 cm³/mol. The number of nitrogens with zero attached hydrogens (tertiary/aromatic N) is 3. The van der Waals surface area contributed by atoms with Gasteiger partial charge in [0.05, 0.1) is 13.2 Å². The van der Waals surface area contributed by atoms with Gasteiger partial charge in [-0.2, -0.15) is 0 Å². The Morgan fingerprint density at radius 1 is 1.28 bits per heavy atom. The van der Waals surface area contributed by atoms with Crippen LogP contribution in [0.25, 0.3) is 0 Å². The van der Waals surface area contributed by atoms with Crippen LogP contribution >= 0.6 is 0 Å². The van der Waals surface area contributed by atoms with Crippen LogP contribution in [-0.2, 0) is 11.3 Å². The number of aromatic nitrogens is 1. The van der Waals surface area contributed by atoms with Crippen LogP contribution < -0.4 is 14.8 Å². The number of nitrogens with one attached hydrogen (secondary N) is 1. The van der Waals surface area contributed by atoms with Crippen LogP contribution in [0.3, 0.4) is 0 Å². The van der Waals surface area contributed by atoms with Gasteiger partial charge in [0.15, 0.2) is 5.96 Å². The van der Waals surface area contributed by atoms with Crippen molar-refractivity contribution < 1.29 is 14.2 Å². The third kappa shape index (κ3) is 6.35. The zero-order valence-corrected chi connectivity index (χ0v) is 17.4. The monoisotopic (exact) mass is 398 g/mol. The number of hydrogen-bond donors (Lipinski definition) is 1. The van der Waals surface area contributed by atoms with Crippen LogP contribution in [0.5, 0.6) is 17.4 Å². The molecule has 1 fully saturated rings. The second-order valence-corrected chi connectivity index (χ2v) is 7.02. The topological polar surface area (TPSA) is 68.2 Å². The smallest absolute Gasteiger partial charge is 0.219 e. The molecule has 0 aliphatic carbocycles. The quantitative estimate of drug-likeness (QED) is 0.544. The summed E-state index contributed by atoms with van der Waals surface area (Å²) in [6.07, 6.45) is 2.86. The molecule has 1 aromatic carbocycles. The number of aliphatic imine (C=N–C) groups is 1. The number of ether oxygens (including phenoxy) is 3. The molecule has 1 aliphatic heterocycles. The molecule has 1 aliphatic rings. The number of rotatable bonds is 8. The molecule has 1 atom stereocenters. The van der Waals surface area contributed by atoms with Crippen molar-refractivity contribution in [2.24, 2.45) is 10.9 Å². The van der Waals surface area contributed by atoms with Crippen LogP contribution in [0.4, 0.5) is 0 Å². The Bertz CT molecular complexity index is 789. The molecule has 1 saturated heterocycles. The molecule has 2 aromatic rings. The zero-order valence-electron chi connectivity index (χ0n) is 17.4. The average molecular weight is 399 g/mol. The standard InChI is InChI=1S/C22H30N4O3/c1-4-28-19-5-7-20(8-6-19)29-21-13-17(9-11-24-21)14-25-22(23-2)26(3)15-18-10-12-27-16-18/h5-9,11,13,18H,4,10,12,14-16H2,1-3H3,(H,23,25). The van der Waals surface area contributed by atoms with E-state index in [9.17, 15) is 0 Å². The summed E-state index contributed by atoms with van der Waals surface area (Å²) in [5.74, 6) is 3.53. The minimum absolute atomic E-state index is 0.555. The van der Waals surface area contributed by atoms with Gasteiger partial charge < -0.3 is 24.4 Å². The van der Waals surface area contributed by atoms with Crippen LogP contribution in [0.2, 0.25) is 0 Å². The summed E-state index contributed by atoms with van der Waals surface area (Å²) in [7, 11) is 3.86. The summed E-state index contributed by atoms with van der Waals surface area (Å²) in [5.41, 5.74) is 1.07. The van der Waals surface area contributed by atoms with Gasteiger partial charge in [-0.05, 0) is 49.2 Å². The fourth-order valence-electron chi connectivity index (χ4n) is 3.27. The summed E-state index contributed by atoms with van der Waals surface area (Å²) in [4.78, 5) is 10.8. The molecule has 2 heterocycles. The van der Waals surface area contributed by atoms with Crippen molar-refractivity contribution in [3.63, 3.8) is 0 Å². The first-order valence-corrected chi connectivity index (χ1v) is 10.0. The first kappa shape index (κ1) is 20.9. The van der Waals surface area contributed by atoms with Crippen molar-refractivity contribution in [3.05, 3.63) is 48.2 Å². The second kappa shape index (κ2) is 10.7. The van der Waals surface area contributed by atoms with Gasteiger partial charge in [0.2, 0.25) is 5.88 Å². The van der Waals surface area contributed by atoms with E-state index in [2.05, 4.69) is 27.2 Å². The second-order valence-electron chi connectivity index (χ2n) is 7.02. The van der Waals surface area contributed by atoms with Crippen LogP contribution in [0.15, 0.2) is 47.6 Å². The van der Waals surface area contributed by atoms with Gasteiger partial charge in [0, 0.05) is 52.0 Å². The van der Waals surface area contributed by atoms with Crippen LogP contribution in [0.1, 0.15) is 18.9 Å². The number of benzene rings is 1. The van der Waals surface area contributed by atoms with Gasteiger partial charge in [0.25, 0.3) is 0 Å². The molecular formula is C22H30N4O3. The first-order valence-electron chi connectivity index (χ1n) is 10.0. The maximum Gasteiger partial charge on any atom is 0.219 e. The van der Waals surface area contributed by atoms with Gasteiger partial charge in [-0.15, -0.1) is 0 Å². The maximum atomic E-state index is 5.87. The third-order valence-electron chi connectivity index (χ3n) is 4.74. The van der Waals surface area contributed by atoms with Crippen molar-refractivity contribution in [2.75, 3.05) is 40.5 Å². The van der Waals surface area contributed by atoms with E-state index >= 15 is 0 Å². The van der Waals surface area contributed by atoms with Crippen molar-refractivity contribution in [1.82, 2.24) is 15.2 Å². The highest BCUT2D eigenvalue weighted by Gasteiger charge is 2.19. The minimum Gasteiger partial charge on any atom is -0.494 e. The summed E-state index contributed by atoms with van der Waals surface area (Å²) < 4.78 is 16.8. The molecule has 0 bridgehead atoms. The Morgan fingerprint density at radius 2 is 2.07 bits per heavy atom.